The van der Waals surface area contributed by atoms with Crippen LogP contribution >= 0.6 is 0 Å². The number of hydrogen-bond acceptors (Lipinski definition) is 3. The Morgan fingerprint density at radius 3 is 2.27 bits per heavy atom. The van der Waals surface area contributed by atoms with Crippen molar-refractivity contribution in [2.45, 2.75) is 38.6 Å². The summed E-state index contributed by atoms with van der Waals surface area (Å²) in [6, 6.07) is 6.44. The number of hydrogen-bond donors (Lipinski definition) is 1. The fraction of sp³-hybridized carbons (Fsp3) is 0.467. The van der Waals surface area contributed by atoms with Crippen molar-refractivity contribution in [3.05, 3.63) is 35.4 Å². The lowest BCUT2D eigenvalue weighted by Crippen LogP contribution is -2.50. The Bertz CT molecular complexity index is 614. The van der Waals surface area contributed by atoms with Gasteiger partial charge in [0.15, 0.2) is 0 Å². The van der Waals surface area contributed by atoms with Crippen LogP contribution in [-0.2, 0) is 20.5 Å². The van der Waals surface area contributed by atoms with Gasteiger partial charge in [-0.15, -0.1) is 0 Å². The molecule has 0 amide bonds. The predicted molar refractivity (Wildman–Crippen MR) is 84.6 cm³/mol. The fourth-order valence-electron chi connectivity index (χ4n) is 1.80. The second-order valence-corrected chi connectivity index (χ2v) is 7.22. The number of nitrogens with one attached hydrogen (secondary N) is 1. The number of carbonyl (C=O) groups excluding carboxylic acids is 1. The summed E-state index contributed by atoms with van der Waals surface area (Å²) in [5, 5.41) is 0. The van der Waals surface area contributed by atoms with E-state index in [-0.39, 0.29) is 5.71 Å². The van der Waals surface area contributed by atoms with Gasteiger partial charge in [0.2, 0.25) is 0 Å². The zero-order valence-corrected chi connectivity index (χ0v) is 14.2. The molecule has 0 aliphatic carbocycles. The van der Waals surface area contributed by atoms with Crippen LogP contribution in [0.25, 0.3) is 5.53 Å². The molecular formula is C15H21N3O3S. The van der Waals surface area contributed by atoms with Gasteiger partial charge in [0.1, 0.15) is 17.0 Å². The van der Waals surface area contributed by atoms with Crippen molar-refractivity contribution in [3.63, 3.8) is 0 Å². The number of aryl methyl sites for hydroxylation is 1. The number of esters is 1. The Balaban J connectivity index is 3.10. The maximum atomic E-state index is 12.5. The van der Waals surface area contributed by atoms with Gasteiger partial charge in [-0.1, -0.05) is 38.5 Å². The maximum Gasteiger partial charge on any atom is 0.418 e. The lowest BCUT2D eigenvalue weighted by molar-refractivity contribution is -0.138. The van der Waals surface area contributed by atoms with E-state index in [4.69, 9.17) is 5.53 Å². The summed E-state index contributed by atoms with van der Waals surface area (Å²) in [7, 11) is -0.360. The molecular weight excluding hydrogens is 302 g/mol. The summed E-state index contributed by atoms with van der Waals surface area (Å²) in [6.45, 7) is 7.45. The van der Waals surface area contributed by atoms with Crippen LogP contribution in [-0.4, -0.2) is 33.8 Å². The van der Waals surface area contributed by atoms with E-state index in [1.54, 1.807) is 12.1 Å². The Morgan fingerprint density at radius 2 is 1.86 bits per heavy atom. The third-order valence-corrected chi connectivity index (χ3v) is 4.25. The van der Waals surface area contributed by atoms with E-state index >= 15 is 0 Å². The van der Waals surface area contributed by atoms with Gasteiger partial charge < -0.3 is 10.3 Å². The molecule has 0 radical (unpaired) electrons. The maximum absolute atomic E-state index is 12.5. The molecule has 120 valence electrons. The van der Waals surface area contributed by atoms with Crippen molar-refractivity contribution in [1.29, 1.82) is 0 Å². The Labute approximate surface area is 133 Å². The monoisotopic (exact) mass is 323 g/mol. The molecule has 1 N–H and O–H groups in total. The number of benzene rings is 1. The number of carbonyl (C=O) groups is 1. The highest BCUT2D eigenvalue weighted by Gasteiger charge is 2.41. The van der Waals surface area contributed by atoms with Gasteiger partial charge >= 0.3 is 11.7 Å². The highest BCUT2D eigenvalue weighted by Crippen LogP contribution is 2.22. The first-order valence-electron chi connectivity index (χ1n) is 6.75. The van der Waals surface area contributed by atoms with Gasteiger partial charge in [-0.3, -0.25) is 0 Å². The molecule has 2 unspecified atom stereocenters. The predicted octanol–water partition coefficient (Wildman–Crippen LogP) is 1.87. The number of ether oxygens (including phenoxy) is 1. The fourth-order valence-corrected chi connectivity index (χ4v) is 3.00. The van der Waals surface area contributed by atoms with Crippen molar-refractivity contribution < 1.29 is 18.5 Å². The summed E-state index contributed by atoms with van der Waals surface area (Å²) in [5.41, 5.74) is 9.45. The minimum Gasteiger partial charge on any atom is -0.460 e. The van der Waals surface area contributed by atoms with Gasteiger partial charge in [-0.25, -0.2) is 13.7 Å². The summed E-state index contributed by atoms with van der Waals surface area (Å²) in [5.74, 6) is -0.768. The molecule has 0 fully saturated rings. The zero-order valence-electron chi connectivity index (χ0n) is 13.4. The minimum atomic E-state index is -1.56. The molecule has 6 nitrogen and oxygen atoms in total. The standard InChI is InChI=1S/C15H21N3O3S/c1-10-6-8-11(9-7-10)22(20)18-13(15(2,3)4)12(17-16)14(19)21-5/h6-9,13,18H,1-5H3. The Hall–Kier alpha value is -1.82. The van der Waals surface area contributed by atoms with Crippen LogP contribution < -0.4 is 4.72 Å². The van der Waals surface area contributed by atoms with Crippen LogP contribution in [0, 0.1) is 12.3 Å². The molecule has 0 spiro atoms. The first-order valence-corrected chi connectivity index (χ1v) is 7.90. The molecule has 22 heavy (non-hydrogen) atoms. The van der Waals surface area contributed by atoms with Crippen molar-refractivity contribution >= 4 is 22.7 Å². The third kappa shape index (κ3) is 4.59. The average molecular weight is 323 g/mol. The van der Waals surface area contributed by atoms with Crippen molar-refractivity contribution in [3.8, 4) is 0 Å². The number of rotatable bonds is 5. The van der Waals surface area contributed by atoms with E-state index in [1.165, 1.54) is 7.11 Å². The van der Waals surface area contributed by atoms with Gasteiger partial charge in [-0.2, -0.15) is 4.79 Å². The summed E-state index contributed by atoms with van der Waals surface area (Å²) < 4.78 is 19.9. The topological polar surface area (TPSA) is 91.8 Å². The molecule has 0 aromatic heterocycles. The molecule has 1 rings (SSSR count). The summed E-state index contributed by atoms with van der Waals surface area (Å²) >= 11 is 0. The first kappa shape index (κ1) is 18.2. The van der Waals surface area contributed by atoms with Crippen LogP contribution in [0.5, 0.6) is 0 Å². The largest absolute Gasteiger partial charge is 0.460 e. The smallest absolute Gasteiger partial charge is 0.418 e. The van der Waals surface area contributed by atoms with Gasteiger partial charge in [0, 0.05) is 0 Å². The molecule has 0 heterocycles. The molecule has 2 atom stereocenters. The Kier molecular flexibility index (Phi) is 6.17. The average Bonchev–Trinajstić information content (AvgIpc) is 2.46. The van der Waals surface area contributed by atoms with Gasteiger partial charge in [-0.05, 0) is 24.5 Å². The lowest BCUT2D eigenvalue weighted by atomic mass is 9.84. The highest BCUT2D eigenvalue weighted by atomic mass is 32.2. The molecule has 1 aromatic rings. The second-order valence-electron chi connectivity index (χ2n) is 5.98. The summed E-state index contributed by atoms with van der Waals surface area (Å²) in [4.78, 5) is 15.3. The number of methoxy groups -OCH3 is 1. The van der Waals surface area contributed by atoms with Crippen LogP contribution in [0.1, 0.15) is 26.3 Å². The van der Waals surface area contributed by atoms with Crippen molar-refractivity contribution in [1.82, 2.24) is 4.72 Å². The second kappa shape index (κ2) is 7.45. The van der Waals surface area contributed by atoms with Crippen LogP contribution in [0.15, 0.2) is 29.2 Å². The van der Waals surface area contributed by atoms with Gasteiger partial charge in [0.25, 0.3) is 0 Å². The van der Waals surface area contributed by atoms with Crippen molar-refractivity contribution in [2.75, 3.05) is 7.11 Å². The first-order chi connectivity index (χ1) is 10.2. The quantitative estimate of drug-likeness (QED) is 0.388. The van der Waals surface area contributed by atoms with E-state index < -0.39 is 28.4 Å². The molecule has 7 heteroatoms. The zero-order chi connectivity index (χ0) is 16.9. The third-order valence-electron chi connectivity index (χ3n) is 3.10. The molecule has 1 aromatic carbocycles. The normalized spacial score (nSPS) is 13.9. The van der Waals surface area contributed by atoms with Crippen LogP contribution in [0.4, 0.5) is 0 Å². The van der Waals surface area contributed by atoms with E-state index in [1.807, 2.05) is 39.8 Å². The SMILES string of the molecule is COC(=O)C(=[N+]=[N-])C(NS(=O)c1ccc(C)cc1)C(C)(C)C. The Morgan fingerprint density at radius 1 is 1.32 bits per heavy atom. The molecule has 0 aliphatic rings. The van der Waals surface area contributed by atoms with E-state index in [9.17, 15) is 9.00 Å². The van der Waals surface area contributed by atoms with Crippen LogP contribution in [0.2, 0.25) is 0 Å². The summed E-state index contributed by atoms with van der Waals surface area (Å²) in [6.07, 6.45) is 0. The molecule has 0 aliphatic heterocycles. The highest BCUT2D eigenvalue weighted by molar-refractivity contribution is 7.83. The van der Waals surface area contributed by atoms with E-state index in [0.717, 1.165) is 5.56 Å². The minimum absolute atomic E-state index is 0.213. The molecule has 0 bridgehead atoms. The molecule has 0 saturated carbocycles. The van der Waals surface area contributed by atoms with E-state index in [2.05, 4.69) is 14.2 Å². The van der Waals surface area contributed by atoms with E-state index in [0.29, 0.717) is 4.90 Å². The van der Waals surface area contributed by atoms with Gasteiger partial charge in [0.05, 0.1) is 12.0 Å². The van der Waals surface area contributed by atoms with Crippen molar-refractivity contribution in [2.24, 2.45) is 5.41 Å². The number of nitrogens with zero attached hydrogens (tertiary/aromatic N) is 2. The lowest BCUT2D eigenvalue weighted by Gasteiger charge is -2.26. The molecule has 0 saturated heterocycles. The van der Waals surface area contributed by atoms with Crippen LogP contribution in [0.3, 0.4) is 0 Å².